The molecular weight excluding hydrogens is 240 g/mol. The molecule has 2 unspecified atom stereocenters. The fraction of sp³-hybridized carbons (Fsp3) is 0.333. The van der Waals surface area contributed by atoms with Crippen LogP contribution in [0.25, 0.3) is 0 Å². The number of alkyl halides is 1. The summed E-state index contributed by atoms with van der Waals surface area (Å²) in [7, 11) is 0. The molecule has 0 aliphatic rings. The van der Waals surface area contributed by atoms with E-state index in [1.54, 1.807) is 0 Å². The minimum Gasteiger partial charge on any atom is -0.360 e. The summed E-state index contributed by atoms with van der Waals surface area (Å²) in [6.45, 7) is 2.39. The topological polar surface area (TPSA) is 9.23 Å². The molecule has 0 fully saturated rings. The van der Waals surface area contributed by atoms with Crippen LogP contribution in [0, 0.1) is 12.3 Å². The first-order valence-electron chi connectivity index (χ1n) is 4.49. The molecule has 0 aliphatic carbocycles. The first-order valence-corrected chi connectivity index (χ1v) is 5.41. The molecule has 0 spiro atoms. The molecule has 0 radical (unpaired) electrons. The van der Waals surface area contributed by atoms with Crippen LogP contribution < -0.4 is 0 Å². The lowest BCUT2D eigenvalue weighted by Gasteiger charge is -2.19. The lowest BCUT2D eigenvalue weighted by Crippen LogP contribution is -2.13. The molecule has 1 aromatic rings. The van der Waals surface area contributed by atoms with E-state index in [0.717, 1.165) is 5.56 Å². The molecule has 0 bridgehead atoms. The SMILES string of the molecule is C#CCOC(c1ccccc1)C(C)Br. The van der Waals surface area contributed by atoms with Crippen LogP contribution in [0.3, 0.4) is 0 Å². The van der Waals surface area contributed by atoms with Gasteiger partial charge in [-0.25, -0.2) is 0 Å². The van der Waals surface area contributed by atoms with Gasteiger partial charge in [-0.05, 0) is 12.5 Å². The van der Waals surface area contributed by atoms with Crippen molar-refractivity contribution < 1.29 is 4.74 Å². The Bertz CT molecular complexity index is 300. The molecular formula is C12H13BrO. The van der Waals surface area contributed by atoms with Crippen molar-refractivity contribution in [1.29, 1.82) is 0 Å². The van der Waals surface area contributed by atoms with Crippen molar-refractivity contribution in [2.75, 3.05) is 6.61 Å². The van der Waals surface area contributed by atoms with Gasteiger partial charge in [0.05, 0.1) is 6.10 Å². The van der Waals surface area contributed by atoms with E-state index in [1.807, 2.05) is 37.3 Å². The van der Waals surface area contributed by atoms with Crippen LogP contribution in [0.1, 0.15) is 18.6 Å². The van der Waals surface area contributed by atoms with E-state index in [0.29, 0.717) is 6.61 Å². The molecule has 0 N–H and O–H groups in total. The van der Waals surface area contributed by atoms with Gasteiger partial charge in [0.2, 0.25) is 0 Å². The van der Waals surface area contributed by atoms with Crippen LogP contribution in [0.5, 0.6) is 0 Å². The first-order chi connectivity index (χ1) is 6.75. The molecule has 1 rings (SSSR count). The standard InChI is InChI=1S/C12H13BrO/c1-3-9-14-12(10(2)13)11-7-5-4-6-8-11/h1,4-8,10,12H,9H2,2H3. The fourth-order valence-electron chi connectivity index (χ4n) is 1.27. The van der Waals surface area contributed by atoms with E-state index >= 15 is 0 Å². The highest BCUT2D eigenvalue weighted by molar-refractivity contribution is 9.09. The zero-order chi connectivity index (χ0) is 10.4. The molecule has 0 amide bonds. The maximum absolute atomic E-state index is 5.56. The van der Waals surface area contributed by atoms with Gasteiger partial charge in [0.1, 0.15) is 6.61 Å². The summed E-state index contributed by atoms with van der Waals surface area (Å²) in [5.41, 5.74) is 1.15. The van der Waals surface area contributed by atoms with Crippen molar-refractivity contribution in [3.8, 4) is 12.3 Å². The Morgan fingerprint density at radius 2 is 2.07 bits per heavy atom. The zero-order valence-electron chi connectivity index (χ0n) is 8.11. The molecule has 74 valence electrons. The molecule has 0 aromatic heterocycles. The number of hydrogen-bond acceptors (Lipinski definition) is 1. The van der Waals surface area contributed by atoms with Gasteiger partial charge in [0.25, 0.3) is 0 Å². The number of rotatable bonds is 4. The van der Waals surface area contributed by atoms with Gasteiger partial charge in [-0.1, -0.05) is 52.2 Å². The molecule has 14 heavy (non-hydrogen) atoms. The molecule has 1 aromatic carbocycles. The summed E-state index contributed by atoms with van der Waals surface area (Å²) in [5.74, 6) is 2.48. The number of halogens is 1. The van der Waals surface area contributed by atoms with Crippen LogP contribution in [-0.2, 0) is 4.74 Å². The van der Waals surface area contributed by atoms with E-state index in [9.17, 15) is 0 Å². The average Bonchev–Trinajstić information content (AvgIpc) is 2.19. The molecule has 0 saturated heterocycles. The quantitative estimate of drug-likeness (QED) is 0.591. The Kier molecular flexibility index (Phi) is 4.72. The van der Waals surface area contributed by atoms with Gasteiger partial charge >= 0.3 is 0 Å². The number of ether oxygens (including phenoxy) is 1. The highest BCUT2D eigenvalue weighted by atomic mass is 79.9. The predicted molar refractivity (Wildman–Crippen MR) is 62.4 cm³/mol. The van der Waals surface area contributed by atoms with E-state index in [-0.39, 0.29) is 10.9 Å². The van der Waals surface area contributed by atoms with Crippen molar-refractivity contribution in [1.82, 2.24) is 0 Å². The second kappa shape index (κ2) is 5.85. The second-order valence-corrected chi connectivity index (χ2v) is 4.47. The van der Waals surface area contributed by atoms with Crippen molar-refractivity contribution in [2.24, 2.45) is 0 Å². The Morgan fingerprint density at radius 1 is 1.43 bits per heavy atom. The fourth-order valence-corrected chi connectivity index (χ4v) is 1.73. The predicted octanol–water partition coefficient (Wildman–Crippen LogP) is 3.16. The van der Waals surface area contributed by atoms with Crippen LogP contribution in [-0.4, -0.2) is 11.4 Å². The minimum absolute atomic E-state index is 0.0206. The van der Waals surface area contributed by atoms with Crippen LogP contribution in [0.2, 0.25) is 0 Å². The van der Waals surface area contributed by atoms with E-state index in [4.69, 9.17) is 11.2 Å². The van der Waals surface area contributed by atoms with Crippen molar-refractivity contribution >= 4 is 15.9 Å². The first kappa shape index (κ1) is 11.3. The van der Waals surface area contributed by atoms with Gasteiger partial charge in [-0.3, -0.25) is 0 Å². The third kappa shape index (κ3) is 3.17. The number of terminal acetylenes is 1. The normalized spacial score (nSPS) is 14.4. The molecule has 0 aliphatic heterocycles. The molecule has 2 heteroatoms. The largest absolute Gasteiger partial charge is 0.360 e. The van der Waals surface area contributed by atoms with E-state index in [2.05, 4.69) is 21.9 Å². The molecule has 2 atom stereocenters. The lowest BCUT2D eigenvalue weighted by molar-refractivity contribution is 0.0806. The van der Waals surface area contributed by atoms with Crippen molar-refractivity contribution in [2.45, 2.75) is 17.9 Å². The summed E-state index contributed by atoms with van der Waals surface area (Å²) in [6.07, 6.45) is 5.19. The van der Waals surface area contributed by atoms with Gasteiger partial charge in [0, 0.05) is 4.83 Å². The average molecular weight is 253 g/mol. The Balaban J connectivity index is 2.74. The highest BCUT2D eigenvalue weighted by Crippen LogP contribution is 2.25. The highest BCUT2D eigenvalue weighted by Gasteiger charge is 2.16. The summed E-state index contributed by atoms with van der Waals surface area (Å²) in [4.78, 5) is 0.248. The van der Waals surface area contributed by atoms with Gasteiger partial charge in [-0.15, -0.1) is 6.42 Å². The smallest absolute Gasteiger partial charge is 0.108 e. The van der Waals surface area contributed by atoms with Gasteiger partial charge in [-0.2, -0.15) is 0 Å². The maximum Gasteiger partial charge on any atom is 0.108 e. The molecule has 0 heterocycles. The monoisotopic (exact) mass is 252 g/mol. The van der Waals surface area contributed by atoms with E-state index < -0.39 is 0 Å². The molecule has 1 nitrogen and oxygen atoms in total. The van der Waals surface area contributed by atoms with Crippen LogP contribution in [0.4, 0.5) is 0 Å². The lowest BCUT2D eigenvalue weighted by atomic mass is 10.1. The summed E-state index contributed by atoms with van der Waals surface area (Å²) in [6, 6.07) is 10.1. The molecule has 0 saturated carbocycles. The zero-order valence-corrected chi connectivity index (χ0v) is 9.70. The Labute approximate surface area is 93.6 Å². The summed E-state index contributed by atoms with van der Waals surface area (Å²) >= 11 is 3.51. The Hall–Kier alpha value is -0.780. The third-order valence-electron chi connectivity index (χ3n) is 1.89. The maximum atomic E-state index is 5.56. The summed E-state index contributed by atoms with van der Waals surface area (Å²) < 4.78 is 5.56. The van der Waals surface area contributed by atoms with E-state index in [1.165, 1.54) is 0 Å². The van der Waals surface area contributed by atoms with Crippen LogP contribution >= 0.6 is 15.9 Å². The number of hydrogen-bond donors (Lipinski definition) is 0. The Morgan fingerprint density at radius 3 is 2.57 bits per heavy atom. The minimum atomic E-state index is 0.0206. The van der Waals surface area contributed by atoms with Gasteiger partial charge in [0.15, 0.2) is 0 Å². The van der Waals surface area contributed by atoms with Gasteiger partial charge < -0.3 is 4.74 Å². The number of benzene rings is 1. The van der Waals surface area contributed by atoms with Crippen LogP contribution in [0.15, 0.2) is 30.3 Å². The van der Waals surface area contributed by atoms with Crippen molar-refractivity contribution in [3.63, 3.8) is 0 Å². The third-order valence-corrected chi connectivity index (χ3v) is 2.37. The van der Waals surface area contributed by atoms with Crippen molar-refractivity contribution in [3.05, 3.63) is 35.9 Å². The second-order valence-electron chi connectivity index (χ2n) is 3.02. The summed E-state index contributed by atoms with van der Waals surface area (Å²) in [5, 5.41) is 0.